The van der Waals surface area contributed by atoms with Crippen molar-refractivity contribution in [3.63, 3.8) is 0 Å². The minimum Gasteiger partial charge on any atom is -0.334 e. The third-order valence-corrected chi connectivity index (χ3v) is 5.24. The first-order valence-corrected chi connectivity index (χ1v) is 10.5. The van der Waals surface area contributed by atoms with E-state index in [0.717, 1.165) is 41.6 Å². The zero-order valence-corrected chi connectivity index (χ0v) is 17.5. The van der Waals surface area contributed by atoms with Gasteiger partial charge in [0.2, 0.25) is 5.82 Å². The number of unbranched alkanes of at least 4 members (excludes halogenated alkanes) is 1. The summed E-state index contributed by atoms with van der Waals surface area (Å²) >= 11 is 0. The lowest BCUT2D eigenvalue weighted by molar-refractivity contribution is 0.0741. The highest BCUT2D eigenvalue weighted by molar-refractivity contribution is 5.95. The van der Waals surface area contributed by atoms with Gasteiger partial charge in [0.05, 0.1) is 0 Å². The molecule has 0 aliphatic carbocycles. The van der Waals surface area contributed by atoms with Crippen molar-refractivity contribution in [2.45, 2.75) is 26.3 Å². The number of rotatable bonds is 8. The Morgan fingerprint density at radius 2 is 1.61 bits per heavy atom. The number of tetrazole rings is 1. The number of amides is 1. The van der Waals surface area contributed by atoms with Crippen molar-refractivity contribution < 1.29 is 4.79 Å². The summed E-state index contributed by atoms with van der Waals surface area (Å²) < 4.78 is 0. The van der Waals surface area contributed by atoms with Crippen LogP contribution in [0.2, 0.25) is 0 Å². The lowest BCUT2D eigenvalue weighted by Gasteiger charge is -2.23. The normalized spacial score (nSPS) is 10.7. The van der Waals surface area contributed by atoms with Gasteiger partial charge in [-0.1, -0.05) is 80.1 Å². The number of nitrogens with zero attached hydrogens (tertiary/aromatic N) is 4. The Kier molecular flexibility index (Phi) is 6.47. The van der Waals surface area contributed by atoms with E-state index in [-0.39, 0.29) is 5.91 Å². The number of hydrogen-bond donors (Lipinski definition) is 1. The number of carbonyl (C=O) groups is 1. The second kappa shape index (κ2) is 9.80. The van der Waals surface area contributed by atoms with Gasteiger partial charge in [-0.2, -0.15) is 5.21 Å². The van der Waals surface area contributed by atoms with Gasteiger partial charge in [0.25, 0.3) is 5.91 Å². The van der Waals surface area contributed by atoms with Gasteiger partial charge < -0.3 is 4.90 Å². The molecular weight excluding hydrogens is 386 g/mol. The van der Waals surface area contributed by atoms with Crippen molar-refractivity contribution in [2.24, 2.45) is 0 Å². The molecule has 1 N–H and O–H groups in total. The van der Waals surface area contributed by atoms with Gasteiger partial charge in [0.15, 0.2) is 0 Å². The fourth-order valence-electron chi connectivity index (χ4n) is 3.59. The van der Waals surface area contributed by atoms with E-state index in [0.29, 0.717) is 17.9 Å². The van der Waals surface area contributed by atoms with Gasteiger partial charge in [0, 0.05) is 24.2 Å². The van der Waals surface area contributed by atoms with Crippen LogP contribution < -0.4 is 0 Å². The molecule has 1 heterocycles. The largest absolute Gasteiger partial charge is 0.334 e. The first-order valence-electron chi connectivity index (χ1n) is 10.5. The van der Waals surface area contributed by atoms with Crippen LogP contribution in [0.5, 0.6) is 0 Å². The lowest BCUT2D eigenvalue weighted by atomic mass is 9.98. The summed E-state index contributed by atoms with van der Waals surface area (Å²) in [6, 6.07) is 25.8. The quantitative estimate of drug-likeness (QED) is 0.444. The summed E-state index contributed by atoms with van der Waals surface area (Å²) in [5.41, 5.74) is 4.71. The number of nitrogens with one attached hydrogen (secondary N) is 1. The van der Waals surface area contributed by atoms with Gasteiger partial charge >= 0.3 is 0 Å². The summed E-state index contributed by atoms with van der Waals surface area (Å²) in [5, 5.41) is 14.4. The van der Waals surface area contributed by atoms with E-state index < -0.39 is 0 Å². The molecule has 0 unspecified atom stereocenters. The molecule has 156 valence electrons. The molecule has 1 aromatic heterocycles. The molecule has 0 aliphatic rings. The van der Waals surface area contributed by atoms with Gasteiger partial charge in [-0.15, -0.1) is 10.2 Å². The van der Waals surface area contributed by atoms with E-state index in [1.54, 1.807) is 0 Å². The maximum atomic E-state index is 13.3. The second-order valence-corrected chi connectivity index (χ2v) is 7.42. The first-order chi connectivity index (χ1) is 15.3. The number of aromatic amines is 1. The van der Waals surface area contributed by atoms with E-state index >= 15 is 0 Å². The molecule has 4 aromatic rings. The van der Waals surface area contributed by atoms with Crippen LogP contribution in [0, 0.1) is 0 Å². The standard InChI is InChI=1S/C25H25N5O/c1-2-3-17-30(18-19-9-5-4-6-10-19)25(31)21-15-13-20(14-16-21)22-11-7-8-12-23(22)24-26-28-29-27-24/h4-16H,2-3,17-18H2,1H3,(H,26,27,28,29). The Hall–Kier alpha value is -3.80. The molecule has 0 spiro atoms. The van der Waals surface area contributed by atoms with Crippen LogP contribution in [0.1, 0.15) is 35.7 Å². The number of hydrogen-bond acceptors (Lipinski definition) is 4. The Morgan fingerprint density at radius 3 is 2.29 bits per heavy atom. The smallest absolute Gasteiger partial charge is 0.254 e. The van der Waals surface area contributed by atoms with E-state index in [1.807, 2.05) is 71.6 Å². The number of carbonyl (C=O) groups excluding carboxylic acids is 1. The van der Waals surface area contributed by atoms with Crippen LogP contribution in [-0.2, 0) is 6.54 Å². The van der Waals surface area contributed by atoms with Crippen molar-refractivity contribution in [3.8, 4) is 22.5 Å². The molecule has 6 heteroatoms. The highest BCUT2D eigenvalue weighted by atomic mass is 16.2. The van der Waals surface area contributed by atoms with Crippen LogP contribution >= 0.6 is 0 Å². The van der Waals surface area contributed by atoms with Crippen LogP contribution in [0.15, 0.2) is 78.9 Å². The van der Waals surface area contributed by atoms with Crippen molar-refractivity contribution in [2.75, 3.05) is 6.54 Å². The monoisotopic (exact) mass is 411 g/mol. The van der Waals surface area contributed by atoms with Gasteiger partial charge in [-0.05, 0) is 40.5 Å². The second-order valence-electron chi connectivity index (χ2n) is 7.42. The fourth-order valence-corrected chi connectivity index (χ4v) is 3.59. The van der Waals surface area contributed by atoms with E-state index in [9.17, 15) is 4.79 Å². The van der Waals surface area contributed by atoms with Crippen LogP contribution in [-0.4, -0.2) is 38.0 Å². The zero-order valence-electron chi connectivity index (χ0n) is 17.5. The van der Waals surface area contributed by atoms with E-state index in [1.165, 1.54) is 0 Å². The SMILES string of the molecule is CCCCN(Cc1ccccc1)C(=O)c1ccc(-c2ccccc2-c2nn[nH]n2)cc1. The number of aromatic nitrogens is 4. The summed E-state index contributed by atoms with van der Waals surface area (Å²) in [7, 11) is 0. The lowest BCUT2D eigenvalue weighted by Crippen LogP contribution is -2.31. The van der Waals surface area contributed by atoms with Gasteiger partial charge in [-0.25, -0.2) is 0 Å². The molecule has 0 radical (unpaired) electrons. The molecule has 0 fully saturated rings. The number of H-pyrrole nitrogens is 1. The fraction of sp³-hybridized carbons (Fsp3) is 0.200. The maximum Gasteiger partial charge on any atom is 0.254 e. The molecule has 3 aromatic carbocycles. The molecule has 0 saturated carbocycles. The van der Waals surface area contributed by atoms with Crippen molar-refractivity contribution in [3.05, 3.63) is 90.0 Å². The predicted octanol–water partition coefficient (Wildman–Crippen LogP) is 4.98. The maximum absolute atomic E-state index is 13.3. The van der Waals surface area contributed by atoms with Crippen LogP contribution in [0.25, 0.3) is 22.5 Å². The molecule has 4 rings (SSSR count). The minimum absolute atomic E-state index is 0.0512. The van der Waals surface area contributed by atoms with Crippen LogP contribution in [0.3, 0.4) is 0 Å². The summed E-state index contributed by atoms with van der Waals surface area (Å²) in [4.78, 5) is 15.2. The average Bonchev–Trinajstić information content (AvgIpc) is 3.37. The zero-order chi connectivity index (χ0) is 21.5. The topological polar surface area (TPSA) is 74.8 Å². The molecule has 6 nitrogen and oxygen atoms in total. The highest BCUT2D eigenvalue weighted by Gasteiger charge is 2.17. The van der Waals surface area contributed by atoms with Crippen molar-refractivity contribution in [1.29, 1.82) is 0 Å². The molecule has 1 amide bonds. The molecule has 31 heavy (non-hydrogen) atoms. The van der Waals surface area contributed by atoms with E-state index in [2.05, 4.69) is 39.7 Å². The summed E-state index contributed by atoms with van der Waals surface area (Å²) in [6.45, 7) is 3.50. The first kappa shape index (κ1) is 20.5. The van der Waals surface area contributed by atoms with Crippen molar-refractivity contribution in [1.82, 2.24) is 25.5 Å². The molecule has 0 saturated heterocycles. The molecule has 0 atom stereocenters. The molecule has 0 bridgehead atoms. The minimum atomic E-state index is 0.0512. The molecule has 0 aliphatic heterocycles. The van der Waals surface area contributed by atoms with Gasteiger partial charge in [0.1, 0.15) is 0 Å². The Balaban J connectivity index is 1.57. The third kappa shape index (κ3) is 4.86. The van der Waals surface area contributed by atoms with Crippen LogP contribution in [0.4, 0.5) is 0 Å². The van der Waals surface area contributed by atoms with Crippen molar-refractivity contribution >= 4 is 5.91 Å². The Bertz CT molecular complexity index is 1110. The molecular formula is C25H25N5O. The predicted molar refractivity (Wildman–Crippen MR) is 121 cm³/mol. The van der Waals surface area contributed by atoms with E-state index in [4.69, 9.17) is 0 Å². The Morgan fingerprint density at radius 1 is 0.903 bits per heavy atom. The highest BCUT2D eigenvalue weighted by Crippen LogP contribution is 2.30. The average molecular weight is 412 g/mol. The Labute approximate surface area is 181 Å². The number of benzene rings is 3. The summed E-state index contributed by atoms with van der Waals surface area (Å²) in [6.07, 6.45) is 2.03. The van der Waals surface area contributed by atoms with Gasteiger partial charge in [-0.3, -0.25) is 4.79 Å². The summed E-state index contributed by atoms with van der Waals surface area (Å²) in [5.74, 6) is 0.597. The third-order valence-electron chi connectivity index (χ3n) is 5.24.